The van der Waals surface area contributed by atoms with E-state index in [4.69, 9.17) is 16.3 Å². The van der Waals surface area contributed by atoms with E-state index in [9.17, 15) is 0 Å². The van der Waals surface area contributed by atoms with Crippen molar-refractivity contribution >= 4 is 41.5 Å². The fourth-order valence-electron chi connectivity index (χ4n) is 1.62. The molecule has 1 aromatic rings. The van der Waals surface area contributed by atoms with Gasteiger partial charge in [-0.15, -0.1) is 24.0 Å². The Bertz CT molecular complexity index is 426. The maximum Gasteiger partial charge on any atom is 0.191 e. The van der Waals surface area contributed by atoms with Gasteiger partial charge in [0, 0.05) is 39.5 Å². The van der Waals surface area contributed by atoms with Crippen LogP contribution >= 0.6 is 35.6 Å². The smallest absolute Gasteiger partial charge is 0.191 e. The molecule has 0 aromatic carbocycles. The lowest BCUT2D eigenvalue weighted by atomic mass is 10.2. The van der Waals surface area contributed by atoms with Crippen molar-refractivity contribution in [2.24, 2.45) is 10.9 Å². The molecule has 126 valence electrons. The van der Waals surface area contributed by atoms with E-state index in [1.807, 2.05) is 6.07 Å². The lowest BCUT2D eigenvalue weighted by Crippen LogP contribution is -2.37. The van der Waals surface area contributed by atoms with Crippen molar-refractivity contribution in [2.75, 3.05) is 26.8 Å². The number of aliphatic imine (C=N–C) groups is 1. The van der Waals surface area contributed by atoms with Crippen LogP contribution in [0.25, 0.3) is 0 Å². The highest BCUT2D eigenvalue weighted by Crippen LogP contribution is 2.04. The molecule has 22 heavy (non-hydrogen) atoms. The fraction of sp³-hybridized carbons (Fsp3) is 0.600. The van der Waals surface area contributed by atoms with Gasteiger partial charge in [0.1, 0.15) is 5.15 Å². The van der Waals surface area contributed by atoms with Crippen LogP contribution < -0.4 is 10.6 Å². The van der Waals surface area contributed by atoms with Crippen LogP contribution in [0.2, 0.25) is 5.15 Å². The van der Waals surface area contributed by atoms with E-state index in [-0.39, 0.29) is 24.0 Å². The van der Waals surface area contributed by atoms with Gasteiger partial charge in [0.15, 0.2) is 5.96 Å². The Kier molecular flexibility index (Phi) is 12.5. The molecule has 2 N–H and O–H groups in total. The predicted molar refractivity (Wildman–Crippen MR) is 103 cm³/mol. The van der Waals surface area contributed by atoms with E-state index in [1.54, 1.807) is 19.3 Å². The van der Waals surface area contributed by atoms with Gasteiger partial charge in [-0.05, 0) is 24.0 Å². The molecular formula is C15H26ClIN4O. The standard InChI is InChI=1S/C15H25ClN4O.HI/c1-12(2)11-21-8-4-7-18-15(17-3)20-10-13-5-6-14(16)19-9-13;/h5-6,9,12H,4,7-8,10-11H2,1-3H3,(H2,17,18,20);1H. The highest BCUT2D eigenvalue weighted by molar-refractivity contribution is 14.0. The minimum Gasteiger partial charge on any atom is -0.381 e. The number of nitrogens with zero attached hydrogens (tertiary/aromatic N) is 2. The Morgan fingerprint density at radius 3 is 2.73 bits per heavy atom. The minimum atomic E-state index is 0. The molecule has 0 fully saturated rings. The van der Waals surface area contributed by atoms with Crippen LogP contribution in [-0.4, -0.2) is 37.7 Å². The molecule has 0 aliphatic carbocycles. The molecule has 0 saturated carbocycles. The summed E-state index contributed by atoms with van der Waals surface area (Å²) < 4.78 is 5.53. The summed E-state index contributed by atoms with van der Waals surface area (Å²) in [6.07, 6.45) is 2.71. The largest absolute Gasteiger partial charge is 0.381 e. The lowest BCUT2D eigenvalue weighted by molar-refractivity contribution is 0.108. The van der Waals surface area contributed by atoms with Crippen molar-refractivity contribution in [3.63, 3.8) is 0 Å². The molecule has 0 aliphatic rings. The molecule has 1 aromatic heterocycles. The van der Waals surface area contributed by atoms with E-state index in [2.05, 4.69) is 34.5 Å². The second-order valence-corrected chi connectivity index (χ2v) is 5.55. The van der Waals surface area contributed by atoms with Crippen LogP contribution in [-0.2, 0) is 11.3 Å². The van der Waals surface area contributed by atoms with Crippen LogP contribution in [0, 0.1) is 5.92 Å². The number of guanidine groups is 1. The van der Waals surface area contributed by atoms with Crippen LogP contribution in [0.3, 0.4) is 0 Å². The van der Waals surface area contributed by atoms with E-state index >= 15 is 0 Å². The molecule has 0 spiro atoms. The molecule has 0 radical (unpaired) electrons. The third-order valence-corrected chi connectivity index (χ3v) is 2.90. The van der Waals surface area contributed by atoms with Gasteiger partial charge in [0.25, 0.3) is 0 Å². The Hall–Kier alpha value is -0.600. The van der Waals surface area contributed by atoms with Crippen molar-refractivity contribution in [3.05, 3.63) is 29.0 Å². The zero-order valence-corrected chi connectivity index (χ0v) is 16.5. The summed E-state index contributed by atoms with van der Waals surface area (Å²) >= 11 is 5.75. The van der Waals surface area contributed by atoms with Gasteiger partial charge < -0.3 is 15.4 Å². The monoisotopic (exact) mass is 440 g/mol. The van der Waals surface area contributed by atoms with Crippen molar-refractivity contribution in [1.82, 2.24) is 15.6 Å². The summed E-state index contributed by atoms with van der Waals surface area (Å²) in [4.78, 5) is 8.22. The van der Waals surface area contributed by atoms with Crippen molar-refractivity contribution in [3.8, 4) is 0 Å². The molecule has 0 bridgehead atoms. The Balaban J connectivity index is 0.00000441. The zero-order chi connectivity index (χ0) is 15.5. The molecule has 0 atom stereocenters. The molecule has 5 nitrogen and oxygen atoms in total. The van der Waals surface area contributed by atoms with Gasteiger partial charge in [0.05, 0.1) is 0 Å². The number of rotatable bonds is 8. The number of aromatic nitrogens is 1. The first kappa shape index (κ1) is 21.4. The molecular weight excluding hydrogens is 415 g/mol. The fourth-order valence-corrected chi connectivity index (χ4v) is 1.73. The number of pyridine rings is 1. The van der Waals surface area contributed by atoms with Crippen LogP contribution in [0.4, 0.5) is 0 Å². The van der Waals surface area contributed by atoms with Crippen molar-refractivity contribution in [2.45, 2.75) is 26.8 Å². The van der Waals surface area contributed by atoms with Crippen LogP contribution in [0.15, 0.2) is 23.3 Å². The topological polar surface area (TPSA) is 58.5 Å². The number of hydrogen-bond acceptors (Lipinski definition) is 3. The first-order valence-electron chi connectivity index (χ1n) is 7.24. The van der Waals surface area contributed by atoms with Gasteiger partial charge in [-0.2, -0.15) is 0 Å². The third kappa shape index (κ3) is 10.2. The van der Waals surface area contributed by atoms with E-state index in [0.29, 0.717) is 17.6 Å². The summed E-state index contributed by atoms with van der Waals surface area (Å²) in [5, 5.41) is 6.98. The maximum absolute atomic E-state index is 5.75. The molecule has 0 unspecified atom stereocenters. The second kappa shape index (κ2) is 12.9. The van der Waals surface area contributed by atoms with Gasteiger partial charge in [-0.25, -0.2) is 4.98 Å². The number of hydrogen-bond donors (Lipinski definition) is 2. The van der Waals surface area contributed by atoms with Crippen LogP contribution in [0.1, 0.15) is 25.8 Å². The van der Waals surface area contributed by atoms with Crippen LogP contribution in [0.5, 0.6) is 0 Å². The summed E-state index contributed by atoms with van der Waals surface area (Å²) in [6, 6.07) is 3.72. The Morgan fingerprint density at radius 2 is 2.14 bits per heavy atom. The van der Waals surface area contributed by atoms with Gasteiger partial charge in [-0.1, -0.05) is 31.5 Å². The molecule has 1 rings (SSSR count). The summed E-state index contributed by atoms with van der Waals surface area (Å²) in [5.74, 6) is 1.36. The highest BCUT2D eigenvalue weighted by Gasteiger charge is 1.99. The quantitative estimate of drug-likeness (QED) is 0.214. The summed E-state index contributed by atoms with van der Waals surface area (Å²) in [6.45, 7) is 7.37. The van der Waals surface area contributed by atoms with Gasteiger partial charge in [-0.3, -0.25) is 4.99 Å². The maximum atomic E-state index is 5.75. The lowest BCUT2D eigenvalue weighted by Gasteiger charge is -2.12. The average molecular weight is 441 g/mol. The number of halogens is 2. The molecule has 0 aliphatic heterocycles. The Labute approximate surface area is 155 Å². The van der Waals surface area contributed by atoms with Crippen molar-refractivity contribution in [1.29, 1.82) is 0 Å². The Morgan fingerprint density at radius 1 is 1.36 bits per heavy atom. The summed E-state index contributed by atoms with van der Waals surface area (Å²) in [7, 11) is 1.75. The van der Waals surface area contributed by atoms with E-state index in [0.717, 1.165) is 37.7 Å². The normalized spacial score (nSPS) is 11.2. The SMILES string of the molecule is CN=C(NCCCOCC(C)C)NCc1ccc(Cl)nc1.I. The summed E-state index contributed by atoms with van der Waals surface area (Å²) in [5.41, 5.74) is 1.06. The highest BCUT2D eigenvalue weighted by atomic mass is 127. The zero-order valence-electron chi connectivity index (χ0n) is 13.4. The van der Waals surface area contributed by atoms with E-state index < -0.39 is 0 Å². The minimum absolute atomic E-state index is 0. The molecule has 0 saturated heterocycles. The number of nitrogens with one attached hydrogen (secondary N) is 2. The van der Waals surface area contributed by atoms with Gasteiger partial charge in [0.2, 0.25) is 0 Å². The first-order valence-corrected chi connectivity index (χ1v) is 7.62. The predicted octanol–water partition coefficient (Wildman–Crippen LogP) is 3.08. The second-order valence-electron chi connectivity index (χ2n) is 5.16. The molecule has 1 heterocycles. The average Bonchev–Trinajstić information content (AvgIpc) is 2.47. The molecule has 0 amide bonds. The van der Waals surface area contributed by atoms with Gasteiger partial charge >= 0.3 is 0 Å². The first-order chi connectivity index (χ1) is 10.1. The molecule has 7 heteroatoms. The van der Waals surface area contributed by atoms with Crippen molar-refractivity contribution < 1.29 is 4.74 Å². The number of ether oxygens (including phenoxy) is 1. The third-order valence-electron chi connectivity index (χ3n) is 2.68. The van der Waals surface area contributed by atoms with E-state index in [1.165, 1.54) is 0 Å².